The molecule has 2 heterocycles. The quantitative estimate of drug-likeness (QED) is 0.597. The van der Waals surface area contributed by atoms with E-state index in [9.17, 15) is 4.79 Å². The maximum atomic E-state index is 11.4. The number of fused-ring (bicyclic) bond motifs is 1. The third kappa shape index (κ3) is 3.34. The molecule has 1 atom stereocenters. The summed E-state index contributed by atoms with van der Waals surface area (Å²) in [7, 11) is 0. The van der Waals surface area contributed by atoms with Crippen molar-refractivity contribution >= 4 is 11.9 Å². The zero-order valence-electron chi connectivity index (χ0n) is 12.7. The summed E-state index contributed by atoms with van der Waals surface area (Å²) in [6.45, 7) is 7.30. The molecule has 7 heteroatoms. The normalized spacial score (nSPS) is 18.4. The summed E-state index contributed by atoms with van der Waals surface area (Å²) in [5.41, 5.74) is 12.8. The first-order valence-corrected chi connectivity index (χ1v) is 7.46. The van der Waals surface area contributed by atoms with Gasteiger partial charge in [-0.3, -0.25) is 14.5 Å². The zero-order chi connectivity index (χ0) is 15.4. The first-order chi connectivity index (χ1) is 10.1. The molecule has 7 nitrogen and oxygen atoms in total. The molecule has 0 radical (unpaired) electrons. The molecular weight excluding hydrogens is 268 g/mol. The highest BCUT2D eigenvalue weighted by Gasteiger charge is 2.24. The molecule has 1 aromatic heterocycles. The molecule has 1 aliphatic heterocycles. The summed E-state index contributed by atoms with van der Waals surface area (Å²) >= 11 is 0. The van der Waals surface area contributed by atoms with E-state index in [0.29, 0.717) is 24.0 Å². The van der Waals surface area contributed by atoms with Crippen LogP contribution in [0.5, 0.6) is 0 Å². The Balaban J connectivity index is 2.03. The average molecular weight is 292 g/mol. The van der Waals surface area contributed by atoms with E-state index in [-0.39, 0.29) is 0 Å². The Morgan fingerprint density at radius 1 is 1.48 bits per heavy atom. The predicted octanol–water partition coefficient (Wildman–Crippen LogP) is 0.201. The van der Waals surface area contributed by atoms with E-state index < -0.39 is 5.91 Å². The van der Waals surface area contributed by atoms with Crippen LogP contribution in [0, 0.1) is 5.92 Å². The van der Waals surface area contributed by atoms with Crippen molar-refractivity contribution in [2.45, 2.75) is 33.2 Å². The number of primary amides is 1. The highest BCUT2D eigenvalue weighted by atomic mass is 16.1. The summed E-state index contributed by atoms with van der Waals surface area (Å²) in [6.07, 6.45) is 3.32. The van der Waals surface area contributed by atoms with E-state index in [2.05, 4.69) is 23.9 Å². The van der Waals surface area contributed by atoms with Crippen LogP contribution in [0.3, 0.4) is 0 Å². The van der Waals surface area contributed by atoms with E-state index in [1.165, 1.54) is 0 Å². The van der Waals surface area contributed by atoms with E-state index in [1.54, 1.807) is 6.20 Å². The van der Waals surface area contributed by atoms with E-state index in [0.717, 1.165) is 38.2 Å². The van der Waals surface area contributed by atoms with Gasteiger partial charge in [0.25, 0.3) is 5.91 Å². The Kier molecular flexibility index (Phi) is 4.82. The molecule has 21 heavy (non-hydrogen) atoms. The molecule has 0 fully saturated rings. The zero-order valence-corrected chi connectivity index (χ0v) is 12.7. The fourth-order valence-corrected chi connectivity index (χ4v) is 2.73. The molecule has 2 rings (SSSR count). The van der Waals surface area contributed by atoms with Crippen LogP contribution in [0.15, 0.2) is 11.2 Å². The van der Waals surface area contributed by atoms with Gasteiger partial charge in [0.05, 0.1) is 17.5 Å². The number of amides is 1. The number of aryl methyl sites for hydroxylation is 1. The molecule has 0 aliphatic carbocycles. The summed E-state index contributed by atoms with van der Waals surface area (Å²) in [5, 5.41) is 4.21. The first kappa shape index (κ1) is 15.3. The number of rotatable bonds is 5. The Labute approximate surface area is 125 Å². The van der Waals surface area contributed by atoms with E-state index in [1.807, 2.05) is 9.58 Å². The molecule has 4 N–H and O–H groups in total. The van der Waals surface area contributed by atoms with E-state index >= 15 is 0 Å². The molecule has 0 saturated carbocycles. The number of guanidine groups is 1. The standard InChI is InChI=1S/C14H24N6O/c1-3-19(4-2)14(16)17-8-10-5-6-20-12(7-10)11(9-18-20)13(15)21/h9-10H,3-8H2,1-2H3,(H2,15,21)(H2,16,17). The number of nitrogens with zero attached hydrogens (tertiary/aromatic N) is 4. The minimum absolute atomic E-state index is 0.376. The summed E-state index contributed by atoms with van der Waals surface area (Å²) in [4.78, 5) is 17.9. The van der Waals surface area contributed by atoms with Crippen molar-refractivity contribution in [2.75, 3.05) is 19.6 Å². The fraction of sp³-hybridized carbons (Fsp3) is 0.643. The lowest BCUT2D eigenvalue weighted by molar-refractivity contribution is 0.0998. The van der Waals surface area contributed by atoms with Crippen molar-refractivity contribution in [3.63, 3.8) is 0 Å². The molecule has 0 aromatic carbocycles. The molecule has 116 valence electrons. The maximum Gasteiger partial charge on any atom is 0.252 e. The smallest absolute Gasteiger partial charge is 0.252 e. The van der Waals surface area contributed by atoms with Gasteiger partial charge in [0.2, 0.25) is 0 Å². The number of aromatic nitrogens is 2. The minimum atomic E-state index is -0.414. The largest absolute Gasteiger partial charge is 0.370 e. The number of carbonyl (C=O) groups is 1. The van der Waals surface area contributed by atoms with Gasteiger partial charge in [0, 0.05) is 26.2 Å². The van der Waals surface area contributed by atoms with Gasteiger partial charge in [-0.05, 0) is 32.6 Å². The van der Waals surface area contributed by atoms with Gasteiger partial charge in [-0.1, -0.05) is 0 Å². The molecule has 1 aliphatic rings. The minimum Gasteiger partial charge on any atom is -0.370 e. The van der Waals surface area contributed by atoms with Crippen molar-refractivity contribution in [1.82, 2.24) is 14.7 Å². The van der Waals surface area contributed by atoms with Crippen molar-refractivity contribution < 1.29 is 4.79 Å². The van der Waals surface area contributed by atoms with Gasteiger partial charge in [0.1, 0.15) is 0 Å². The van der Waals surface area contributed by atoms with Crippen LogP contribution < -0.4 is 11.5 Å². The van der Waals surface area contributed by atoms with Crippen LogP contribution in [0.2, 0.25) is 0 Å². The van der Waals surface area contributed by atoms with E-state index in [4.69, 9.17) is 11.5 Å². The molecular formula is C14H24N6O. The van der Waals surface area contributed by atoms with Gasteiger partial charge < -0.3 is 16.4 Å². The van der Waals surface area contributed by atoms with Crippen LogP contribution in [0.25, 0.3) is 0 Å². The van der Waals surface area contributed by atoms with Crippen molar-refractivity contribution in [3.8, 4) is 0 Å². The lowest BCUT2D eigenvalue weighted by atomic mass is 9.94. The van der Waals surface area contributed by atoms with Crippen molar-refractivity contribution in [1.29, 1.82) is 0 Å². The Hall–Kier alpha value is -2.05. The topological polar surface area (TPSA) is 103 Å². The molecule has 1 unspecified atom stereocenters. The Bertz CT molecular complexity index is 532. The fourth-order valence-electron chi connectivity index (χ4n) is 2.73. The molecule has 1 amide bonds. The molecule has 0 bridgehead atoms. The van der Waals surface area contributed by atoms with Crippen molar-refractivity contribution in [2.24, 2.45) is 22.4 Å². The lowest BCUT2D eigenvalue weighted by Gasteiger charge is -2.24. The summed E-state index contributed by atoms with van der Waals surface area (Å²) in [5.74, 6) is 0.554. The number of hydrogen-bond donors (Lipinski definition) is 2. The third-order valence-electron chi connectivity index (χ3n) is 4.04. The monoisotopic (exact) mass is 292 g/mol. The second kappa shape index (κ2) is 6.60. The summed E-state index contributed by atoms with van der Waals surface area (Å²) in [6, 6.07) is 0. The molecule has 0 saturated heterocycles. The van der Waals surface area contributed by atoms with Gasteiger partial charge in [-0.25, -0.2) is 0 Å². The van der Waals surface area contributed by atoms with Crippen LogP contribution in [0.1, 0.15) is 36.3 Å². The highest BCUT2D eigenvalue weighted by Crippen LogP contribution is 2.23. The summed E-state index contributed by atoms with van der Waals surface area (Å²) < 4.78 is 1.87. The van der Waals surface area contributed by atoms with Crippen LogP contribution in [0.4, 0.5) is 0 Å². The first-order valence-electron chi connectivity index (χ1n) is 7.46. The van der Waals surface area contributed by atoms with Crippen LogP contribution in [-0.2, 0) is 13.0 Å². The highest BCUT2D eigenvalue weighted by molar-refractivity contribution is 5.93. The Morgan fingerprint density at radius 2 is 2.19 bits per heavy atom. The molecule has 0 spiro atoms. The second-order valence-corrected chi connectivity index (χ2v) is 5.32. The van der Waals surface area contributed by atoms with Crippen LogP contribution >= 0.6 is 0 Å². The van der Waals surface area contributed by atoms with Gasteiger partial charge in [-0.15, -0.1) is 0 Å². The number of hydrogen-bond acceptors (Lipinski definition) is 3. The maximum absolute atomic E-state index is 11.4. The van der Waals surface area contributed by atoms with Gasteiger partial charge in [-0.2, -0.15) is 5.10 Å². The number of carbonyl (C=O) groups excluding carboxylic acids is 1. The average Bonchev–Trinajstić information content (AvgIpc) is 2.89. The Morgan fingerprint density at radius 3 is 2.81 bits per heavy atom. The van der Waals surface area contributed by atoms with Crippen LogP contribution in [-0.4, -0.2) is 46.2 Å². The molecule has 1 aromatic rings. The predicted molar refractivity (Wildman–Crippen MR) is 82.0 cm³/mol. The van der Waals surface area contributed by atoms with Crippen molar-refractivity contribution in [3.05, 3.63) is 17.5 Å². The van der Waals surface area contributed by atoms with Gasteiger partial charge >= 0.3 is 0 Å². The second-order valence-electron chi connectivity index (χ2n) is 5.32. The number of nitrogens with two attached hydrogens (primary N) is 2. The van der Waals surface area contributed by atoms with Gasteiger partial charge in [0.15, 0.2) is 5.96 Å². The third-order valence-corrected chi connectivity index (χ3v) is 4.04. The SMILES string of the molecule is CCN(CC)C(N)=NCC1CCn2ncc(C(N)=O)c2C1. The number of aliphatic imine (C=N–C) groups is 1. The lowest BCUT2D eigenvalue weighted by Crippen LogP contribution is -2.37.